The van der Waals surface area contributed by atoms with Crippen LogP contribution >= 0.6 is 0 Å². The monoisotopic (exact) mass is 428 g/mol. The highest BCUT2D eigenvalue weighted by atomic mass is 19.3. The summed E-state index contributed by atoms with van der Waals surface area (Å²) in [6, 6.07) is 4.66. The third-order valence-electron chi connectivity index (χ3n) is 5.39. The number of carbonyl (C=O) groups is 1. The topological polar surface area (TPSA) is 118 Å². The predicted octanol–water partition coefficient (Wildman–Crippen LogP) is 2.88. The fourth-order valence-electron chi connectivity index (χ4n) is 3.95. The average Bonchev–Trinajstić information content (AvgIpc) is 3.46. The zero-order valence-corrected chi connectivity index (χ0v) is 16.2. The lowest BCUT2D eigenvalue weighted by Gasteiger charge is -2.09. The van der Waals surface area contributed by atoms with E-state index in [9.17, 15) is 18.7 Å². The van der Waals surface area contributed by atoms with Crippen LogP contribution in [0.2, 0.25) is 0 Å². The number of benzene rings is 1. The molecule has 4 aromatic rings. The Morgan fingerprint density at radius 1 is 1.39 bits per heavy atom. The van der Waals surface area contributed by atoms with E-state index in [0.717, 1.165) is 25.0 Å². The number of aromatic nitrogens is 5. The number of aromatic amines is 1. The fraction of sp³-hybridized carbons (Fsp3) is 0.300. The Morgan fingerprint density at radius 2 is 2.26 bits per heavy atom. The number of halogens is 2. The largest absolute Gasteiger partial charge is 0.478 e. The molecule has 0 bridgehead atoms. The lowest BCUT2D eigenvalue weighted by Crippen LogP contribution is -2.15. The number of ether oxygens (including phenoxy) is 1. The Kier molecular flexibility index (Phi) is 4.74. The van der Waals surface area contributed by atoms with Gasteiger partial charge in [0.05, 0.1) is 11.7 Å². The number of carboxylic acids is 1. The summed E-state index contributed by atoms with van der Waals surface area (Å²) in [6.07, 6.45) is 3.82. The van der Waals surface area contributed by atoms with Crippen molar-refractivity contribution in [3.8, 4) is 17.1 Å². The summed E-state index contributed by atoms with van der Waals surface area (Å²) in [6.45, 7) is -0.481. The Hall–Kier alpha value is -3.60. The van der Waals surface area contributed by atoms with Gasteiger partial charge in [0.2, 0.25) is 0 Å². The van der Waals surface area contributed by atoms with E-state index >= 15 is 0 Å². The van der Waals surface area contributed by atoms with Crippen molar-refractivity contribution in [3.63, 3.8) is 0 Å². The van der Waals surface area contributed by atoms with Gasteiger partial charge in [-0.2, -0.15) is 13.9 Å². The number of nitrogens with one attached hydrogen (secondary N) is 2. The van der Waals surface area contributed by atoms with Gasteiger partial charge in [-0.05, 0) is 43.6 Å². The van der Waals surface area contributed by atoms with Crippen molar-refractivity contribution in [2.24, 2.45) is 5.92 Å². The molecule has 0 spiro atoms. The van der Waals surface area contributed by atoms with Crippen LogP contribution in [-0.2, 0) is 6.54 Å². The second-order valence-electron chi connectivity index (χ2n) is 7.41. The van der Waals surface area contributed by atoms with Crippen molar-refractivity contribution in [1.82, 2.24) is 30.0 Å². The molecule has 3 N–H and O–H groups in total. The molecule has 1 aliphatic heterocycles. The van der Waals surface area contributed by atoms with Crippen molar-refractivity contribution < 1.29 is 23.4 Å². The molecule has 0 aliphatic carbocycles. The molecule has 0 amide bonds. The average molecular weight is 428 g/mol. The van der Waals surface area contributed by atoms with E-state index in [1.54, 1.807) is 6.07 Å². The molecule has 1 aromatic carbocycles. The number of H-pyrrole nitrogens is 1. The molecule has 1 fully saturated rings. The Morgan fingerprint density at radius 3 is 3.00 bits per heavy atom. The number of rotatable bonds is 6. The summed E-state index contributed by atoms with van der Waals surface area (Å²) >= 11 is 0. The van der Waals surface area contributed by atoms with Crippen LogP contribution in [0.15, 0.2) is 30.6 Å². The maximum Gasteiger partial charge on any atom is 0.387 e. The van der Waals surface area contributed by atoms with Crippen LogP contribution in [0, 0.1) is 5.92 Å². The molecule has 31 heavy (non-hydrogen) atoms. The minimum Gasteiger partial charge on any atom is -0.478 e. The number of aromatic carboxylic acids is 1. The first-order valence-corrected chi connectivity index (χ1v) is 9.73. The molecule has 0 radical (unpaired) electrons. The van der Waals surface area contributed by atoms with E-state index in [-0.39, 0.29) is 16.8 Å². The zero-order chi connectivity index (χ0) is 21.5. The number of hydrogen-bond acceptors (Lipinski definition) is 6. The maximum absolute atomic E-state index is 12.7. The van der Waals surface area contributed by atoms with Crippen molar-refractivity contribution in [3.05, 3.63) is 36.2 Å². The molecule has 4 heterocycles. The van der Waals surface area contributed by atoms with E-state index in [1.165, 1.54) is 24.5 Å². The van der Waals surface area contributed by atoms with Crippen LogP contribution in [0.4, 0.5) is 8.78 Å². The molecular weight excluding hydrogens is 410 g/mol. The molecule has 1 atom stereocenters. The van der Waals surface area contributed by atoms with Gasteiger partial charge in [-0.15, -0.1) is 0 Å². The lowest BCUT2D eigenvalue weighted by atomic mass is 10.1. The van der Waals surface area contributed by atoms with Crippen molar-refractivity contribution in [2.45, 2.75) is 19.6 Å². The lowest BCUT2D eigenvalue weighted by molar-refractivity contribution is -0.0497. The van der Waals surface area contributed by atoms with E-state index in [4.69, 9.17) is 5.10 Å². The number of nitrogens with zero attached hydrogens (tertiary/aromatic N) is 4. The molecule has 11 heteroatoms. The summed E-state index contributed by atoms with van der Waals surface area (Å²) in [4.78, 5) is 23.0. The first-order chi connectivity index (χ1) is 15.0. The highest BCUT2D eigenvalue weighted by Crippen LogP contribution is 2.32. The number of alkyl halides is 2. The zero-order valence-electron chi connectivity index (χ0n) is 16.2. The van der Waals surface area contributed by atoms with Gasteiger partial charge < -0.3 is 20.1 Å². The highest BCUT2D eigenvalue weighted by molar-refractivity contribution is 6.01. The van der Waals surface area contributed by atoms with Crippen molar-refractivity contribution >= 4 is 28.0 Å². The molecule has 1 aliphatic rings. The third kappa shape index (κ3) is 3.56. The summed E-state index contributed by atoms with van der Waals surface area (Å²) < 4.78 is 31.9. The summed E-state index contributed by atoms with van der Waals surface area (Å²) in [5.74, 6) is -0.730. The normalized spacial score (nSPS) is 16.5. The first-order valence-electron chi connectivity index (χ1n) is 9.73. The number of fused-ring (bicyclic) bond motifs is 2. The first kappa shape index (κ1) is 19.4. The SMILES string of the molecule is O=C(O)c1c[nH]c2ncc(-c3nn(CC4CCNC4)c4ccc(OC(F)F)cc34)nc12. The smallest absolute Gasteiger partial charge is 0.387 e. The summed E-state index contributed by atoms with van der Waals surface area (Å²) in [5.41, 5.74) is 2.05. The van der Waals surface area contributed by atoms with Gasteiger partial charge in [0.25, 0.3) is 0 Å². The van der Waals surface area contributed by atoms with E-state index in [2.05, 4.69) is 25.0 Å². The van der Waals surface area contributed by atoms with E-state index < -0.39 is 12.6 Å². The van der Waals surface area contributed by atoms with Gasteiger partial charge in [0.1, 0.15) is 28.2 Å². The van der Waals surface area contributed by atoms with Crippen LogP contribution in [0.5, 0.6) is 5.75 Å². The molecular formula is C20H18F2N6O3. The van der Waals surface area contributed by atoms with Crippen molar-refractivity contribution in [1.29, 1.82) is 0 Å². The van der Waals surface area contributed by atoms with Crippen LogP contribution < -0.4 is 10.1 Å². The van der Waals surface area contributed by atoms with Crippen LogP contribution in [0.25, 0.3) is 33.5 Å². The Labute approximate surface area is 174 Å². The molecule has 3 aromatic heterocycles. The molecule has 1 saturated heterocycles. The van der Waals surface area contributed by atoms with E-state index in [1.807, 2.05) is 4.68 Å². The van der Waals surface area contributed by atoms with Crippen LogP contribution in [0.3, 0.4) is 0 Å². The second kappa shape index (κ2) is 7.58. The standard InChI is InChI=1S/C20H18F2N6O3/c21-20(22)31-11-1-2-15-12(5-11)16(27-28(15)9-10-3-4-23-6-10)14-8-25-18-17(26-14)13(7-24-18)19(29)30/h1-2,5,7-8,10,20,23H,3-4,6,9H2,(H,24,25)(H,29,30). The summed E-state index contributed by atoms with van der Waals surface area (Å²) in [5, 5.41) is 18.0. The Balaban J connectivity index is 1.66. The number of hydrogen-bond donors (Lipinski definition) is 3. The quantitative estimate of drug-likeness (QED) is 0.432. The maximum atomic E-state index is 12.7. The van der Waals surface area contributed by atoms with Crippen LogP contribution in [0.1, 0.15) is 16.8 Å². The van der Waals surface area contributed by atoms with Gasteiger partial charge in [0.15, 0.2) is 5.65 Å². The van der Waals surface area contributed by atoms with Gasteiger partial charge in [-0.3, -0.25) is 4.68 Å². The third-order valence-corrected chi connectivity index (χ3v) is 5.39. The molecule has 0 saturated carbocycles. The van der Waals surface area contributed by atoms with Gasteiger partial charge in [0, 0.05) is 18.1 Å². The predicted molar refractivity (Wildman–Crippen MR) is 107 cm³/mol. The van der Waals surface area contributed by atoms with Crippen LogP contribution in [-0.4, -0.2) is 55.5 Å². The molecule has 9 nitrogen and oxygen atoms in total. The molecule has 5 rings (SSSR count). The fourth-order valence-corrected chi connectivity index (χ4v) is 3.95. The van der Waals surface area contributed by atoms with E-state index in [0.29, 0.717) is 34.9 Å². The minimum absolute atomic E-state index is 0.00717. The molecule has 160 valence electrons. The van der Waals surface area contributed by atoms with Gasteiger partial charge in [-0.1, -0.05) is 0 Å². The second-order valence-corrected chi connectivity index (χ2v) is 7.41. The van der Waals surface area contributed by atoms with Gasteiger partial charge >= 0.3 is 12.6 Å². The molecule has 1 unspecified atom stereocenters. The Bertz CT molecular complexity index is 1280. The van der Waals surface area contributed by atoms with Crippen molar-refractivity contribution in [2.75, 3.05) is 13.1 Å². The summed E-state index contributed by atoms with van der Waals surface area (Å²) in [7, 11) is 0. The highest BCUT2D eigenvalue weighted by Gasteiger charge is 2.22. The van der Waals surface area contributed by atoms with Gasteiger partial charge in [-0.25, -0.2) is 14.8 Å². The number of carboxylic acid groups (broad SMARTS) is 1. The minimum atomic E-state index is -2.95.